The molecule has 0 aliphatic carbocycles. The number of halogens is 1. The number of nitrogens with zero attached hydrogens (tertiary/aromatic N) is 3. The van der Waals surface area contributed by atoms with Gasteiger partial charge in [0.15, 0.2) is 0 Å². The maximum absolute atomic E-state index is 13.4. The summed E-state index contributed by atoms with van der Waals surface area (Å²) < 4.78 is 21.1. The Morgan fingerprint density at radius 1 is 1.50 bits per heavy atom. The van der Waals surface area contributed by atoms with E-state index in [9.17, 15) is 4.39 Å². The lowest BCUT2D eigenvalue weighted by atomic mass is 10.1. The summed E-state index contributed by atoms with van der Waals surface area (Å²) in [5, 5.41) is 5.37. The average Bonchev–Trinajstić information content (AvgIpc) is 2.67. The molecule has 1 aromatic heterocycles. The van der Waals surface area contributed by atoms with E-state index in [0.29, 0.717) is 6.61 Å². The van der Waals surface area contributed by atoms with Crippen LogP contribution in [0.5, 0.6) is 0 Å². The summed E-state index contributed by atoms with van der Waals surface area (Å²) in [6.07, 6.45) is -0.0412. The molecule has 4 nitrogen and oxygen atoms in total. The molecule has 1 atom stereocenters. The van der Waals surface area contributed by atoms with Crippen LogP contribution in [0.25, 0.3) is 10.9 Å². The summed E-state index contributed by atoms with van der Waals surface area (Å²) >= 11 is 0. The van der Waals surface area contributed by atoms with E-state index in [-0.39, 0.29) is 11.9 Å². The number of rotatable bonds is 2. The quantitative estimate of drug-likeness (QED) is 0.813. The molecule has 5 heteroatoms. The summed E-state index contributed by atoms with van der Waals surface area (Å²) in [6, 6.07) is 4.72. The van der Waals surface area contributed by atoms with E-state index >= 15 is 0 Å². The first kappa shape index (κ1) is 11.6. The Kier molecular flexibility index (Phi) is 2.80. The Labute approximate surface area is 105 Å². The fraction of sp³-hybridized carbons (Fsp3) is 0.462. The van der Waals surface area contributed by atoms with Crippen molar-refractivity contribution >= 4 is 10.9 Å². The van der Waals surface area contributed by atoms with Gasteiger partial charge in [-0.25, -0.2) is 4.39 Å². The van der Waals surface area contributed by atoms with Crippen LogP contribution >= 0.6 is 0 Å². The largest absolute Gasteiger partial charge is 0.369 e. The smallest absolute Gasteiger partial charge is 0.124 e. The van der Waals surface area contributed by atoms with Crippen LogP contribution in [-0.2, 0) is 11.3 Å². The van der Waals surface area contributed by atoms with E-state index in [1.807, 2.05) is 18.8 Å². The summed E-state index contributed by atoms with van der Waals surface area (Å²) in [6.45, 7) is 2.16. The molecule has 1 aliphatic rings. The number of ether oxygens (including phenoxy) is 1. The molecule has 1 aromatic carbocycles. The van der Waals surface area contributed by atoms with Crippen LogP contribution in [0, 0.1) is 5.82 Å². The van der Waals surface area contributed by atoms with Crippen LogP contribution < -0.4 is 0 Å². The maximum Gasteiger partial charge on any atom is 0.124 e. The van der Waals surface area contributed by atoms with Gasteiger partial charge in [-0.2, -0.15) is 5.10 Å². The average molecular weight is 249 g/mol. The van der Waals surface area contributed by atoms with E-state index in [1.54, 1.807) is 12.1 Å². The van der Waals surface area contributed by atoms with Crippen molar-refractivity contribution in [2.24, 2.45) is 0 Å². The molecule has 1 aliphatic heterocycles. The molecule has 2 aromatic rings. The minimum absolute atomic E-state index is 0.0412. The molecule has 0 radical (unpaired) electrons. The van der Waals surface area contributed by atoms with Crippen molar-refractivity contribution in [3.63, 3.8) is 0 Å². The van der Waals surface area contributed by atoms with Crippen LogP contribution in [0.4, 0.5) is 4.39 Å². The monoisotopic (exact) mass is 249 g/mol. The Morgan fingerprint density at radius 2 is 2.33 bits per heavy atom. The van der Waals surface area contributed by atoms with Crippen LogP contribution in [-0.4, -0.2) is 41.9 Å². The van der Waals surface area contributed by atoms with Gasteiger partial charge in [0.25, 0.3) is 0 Å². The molecule has 0 fully saturated rings. The van der Waals surface area contributed by atoms with Gasteiger partial charge in [0, 0.05) is 11.9 Å². The maximum atomic E-state index is 13.4. The van der Waals surface area contributed by atoms with Gasteiger partial charge in [0.1, 0.15) is 11.9 Å². The molecule has 3 rings (SSSR count). The zero-order valence-corrected chi connectivity index (χ0v) is 10.6. The number of likely N-dealkylation sites (N-methyl/N-ethyl adjacent to an activating group) is 1. The lowest BCUT2D eigenvalue weighted by Crippen LogP contribution is -2.29. The molecule has 2 heterocycles. The fourth-order valence-corrected chi connectivity index (χ4v) is 2.46. The van der Waals surface area contributed by atoms with Gasteiger partial charge < -0.3 is 9.64 Å². The Morgan fingerprint density at radius 3 is 3.11 bits per heavy atom. The first-order valence-corrected chi connectivity index (χ1v) is 6.07. The molecule has 0 saturated heterocycles. The molecule has 0 saturated carbocycles. The Balaban J connectivity index is 2.13. The summed E-state index contributed by atoms with van der Waals surface area (Å²) in [4.78, 5) is 2.07. The van der Waals surface area contributed by atoms with E-state index in [4.69, 9.17) is 4.74 Å². The first-order chi connectivity index (χ1) is 8.65. The number of aromatic nitrogens is 2. The van der Waals surface area contributed by atoms with Gasteiger partial charge in [-0.05, 0) is 32.3 Å². The normalized spacial score (nSPS) is 19.4. The molecule has 1 unspecified atom stereocenters. The highest BCUT2D eigenvalue weighted by Crippen LogP contribution is 2.30. The second kappa shape index (κ2) is 4.33. The van der Waals surface area contributed by atoms with Crippen molar-refractivity contribution in [3.05, 3.63) is 29.7 Å². The van der Waals surface area contributed by atoms with Crippen molar-refractivity contribution < 1.29 is 9.13 Å². The predicted octanol–water partition coefficient (Wildman–Crippen LogP) is 1.81. The Hall–Kier alpha value is -1.46. The minimum atomic E-state index is -0.229. The van der Waals surface area contributed by atoms with Crippen LogP contribution in [0.15, 0.2) is 18.2 Å². The number of fused-ring (bicyclic) bond motifs is 3. The summed E-state index contributed by atoms with van der Waals surface area (Å²) in [5.41, 5.74) is 1.82. The molecule has 0 bridgehead atoms. The van der Waals surface area contributed by atoms with Crippen LogP contribution in [0.3, 0.4) is 0 Å². The van der Waals surface area contributed by atoms with Gasteiger partial charge in [-0.15, -0.1) is 0 Å². The summed E-state index contributed by atoms with van der Waals surface area (Å²) in [5.74, 6) is -0.229. The van der Waals surface area contributed by atoms with Crippen LogP contribution in [0.2, 0.25) is 0 Å². The zero-order chi connectivity index (χ0) is 12.7. The highest BCUT2D eigenvalue weighted by molar-refractivity contribution is 5.82. The highest BCUT2D eigenvalue weighted by Gasteiger charge is 2.26. The number of hydrogen-bond donors (Lipinski definition) is 0. The molecule has 18 heavy (non-hydrogen) atoms. The fourth-order valence-electron chi connectivity index (χ4n) is 2.46. The van der Waals surface area contributed by atoms with Gasteiger partial charge in [-0.1, -0.05) is 0 Å². The van der Waals surface area contributed by atoms with Crippen molar-refractivity contribution in [1.82, 2.24) is 14.7 Å². The third kappa shape index (κ3) is 1.89. The topological polar surface area (TPSA) is 30.3 Å². The Bertz CT molecular complexity index is 579. The SMILES string of the molecule is CN(C)CC1OCCn2nc3ccc(F)cc3c21. The van der Waals surface area contributed by atoms with E-state index in [0.717, 1.165) is 29.7 Å². The highest BCUT2D eigenvalue weighted by atomic mass is 19.1. The molecule has 96 valence electrons. The molecular formula is C13H16FN3O. The van der Waals surface area contributed by atoms with Crippen LogP contribution in [0.1, 0.15) is 11.8 Å². The van der Waals surface area contributed by atoms with Crippen molar-refractivity contribution in [3.8, 4) is 0 Å². The van der Waals surface area contributed by atoms with Gasteiger partial charge in [0.05, 0.1) is 24.4 Å². The predicted molar refractivity (Wildman–Crippen MR) is 66.9 cm³/mol. The van der Waals surface area contributed by atoms with E-state index in [2.05, 4.69) is 10.00 Å². The molecule has 0 N–H and O–H groups in total. The van der Waals surface area contributed by atoms with E-state index in [1.165, 1.54) is 6.07 Å². The lowest BCUT2D eigenvalue weighted by molar-refractivity contribution is 0.00345. The summed E-state index contributed by atoms with van der Waals surface area (Å²) in [7, 11) is 4.00. The van der Waals surface area contributed by atoms with E-state index < -0.39 is 0 Å². The lowest BCUT2D eigenvalue weighted by Gasteiger charge is -2.27. The van der Waals surface area contributed by atoms with Gasteiger partial charge in [0.2, 0.25) is 0 Å². The van der Waals surface area contributed by atoms with Crippen molar-refractivity contribution in [2.45, 2.75) is 12.6 Å². The molecule has 0 spiro atoms. The second-order valence-corrected chi connectivity index (χ2v) is 4.89. The van der Waals surface area contributed by atoms with Gasteiger partial charge >= 0.3 is 0 Å². The first-order valence-electron chi connectivity index (χ1n) is 6.07. The number of benzene rings is 1. The third-order valence-electron chi connectivity index (χ3n) is 3.20. The minimum Gasteiger partial charge on any atom is -0.369 e. The van der Waals surface area contributed by atoms with Crippen molar-refractivity contribution in [1.29, 1.82) is 0 Å². The molecular weight excluding hydrogens is 233 g/mol. The van der Waals surface area contributed by atoms with Crippen molar-refractivity contribution in [2.75, 3.05) is 27.2 Å². The zero-order valence-electron chi connectivity index (χ0n) is 10.6. The standard InChI is InChI=1S/C13H16FN3O/c1-16(2)8-12-13-10-7-9(14)3-4-11(10)15-17(13)5-6-18-12/h3-4,7,12H,5-6,8H2,1-2H3. The number of hydrogen-bond acceptors (Lipinski definition) is 3. The third-order valence-corrected chi connectivity index (χ3v) is 3.20. The molecule has 0 amide bonds. The van der Waals surface area contributed by atoms with Gasteiger partial charge in [-0.3, -0.25) is 4.68 Å². The second-order valence-electron chi connectivity index (χ2n) is 4.89.